The molecule has 1 heterocycles. The quantitative estimate of drug-likeness (QED) is 0.276. The summed E-state index contributed by atoms with van der Waals surface area (Å²) in [4.78, 5) is 0. The molecule has 1 aliphatic rings. The van der Waals surface area contributed by atoms with Crippen molar-refractivity contribution in [1.82, 2.24) is 4.72 Å². The van der Waals surface area contributed by atoms with E-state index in [1.165, 1.54) is 0 Å². The molecule has 1 aliphatic heterocycles. The third-order valence-corrected chi connectivity index (χ3v) is 7.60. The summed E-state index contributed by atoms with van der Waals surface area (Å²) in [5.74, 6) is 0. The van der Waals surface area contributed by atoms with E-state index in [1.54, 1.807) is 0 Å². The third kappa shape index (κ3) is 9.69. The average molecular weight is 606 g/mol. The van der Waals surface area contributed by atoms with E-state index >= 15 is 0 Å². The van der Waals surface area contributed by atoms with Crippen LogP contribution in [-0.2, 0) is 63.1 Å². The molecule has 3 aromatic rings. The van der Waals surface area contributed by atoms with Gasteiger partial charge in [0.2, 0.25) is 10.0 Å². The summed E-state index contributed by atoms with van der Waals surface area (Å²) in [6.07, 6.45) is -0.956. The molecule has 0 amide bonds. The first-order valence-electron chi connectivity index (χ1n) is 13.0. The highest BCUT2D eigenvalue weighted by Crippen LogP contribution is 2.33. The Balaban J connectivity index is 1.71. The molecule has 10 nitrogen and oxygen atoms in total. The highest BCUT2D eigenvalue weighted by atomic mass is 32.2. The van der Waals surface area contributed by atoms with Crippen LogP contribution in [0.4, 0.5) is 0 Å². The molecular weight excluding hydrogens is 570 g/mol. The van der Waals surface area contributed by atoms with E-state index in [0.717, 1.165) is 29.2 Å². The summed E-state index contributed by atoms with van der Waals surface area (Å²) in [7, 11) is -7.94. The standard InChI is InChI=1S/C29H35NO9S2/c1-40(31,32)30-29(22-39-41(2,33)34)28(37-20-25-16-10-5-11-17-25)27(36-19-24-14-8-4-9-15-24)26(21-38-29)35-18-23-12-6-3-7-13-23/h3-17,26-28,30H,18-22H2,1-2H3/t26-,27-,28+,29-/m1/s1. The van der Waals surface area contributed by atoms with Crippen LogP contribution in [0.3, 0.4) is 0 Å². The molecular formula is C29H35NO9S2. The van der Waals surface area contributed by atoms with Crippen LogP contribution in [0.15, 0.2) is 91.0 Å². The van der Waals surface area contributed by atoms with Gasteiger partial charge in [-0.05, 0) is 16.7 Å². The van der Waals surface area contributed by atoms with Crippen molar-refractivity contribution < 1.29 is 40.0 Å². The molecule has 0 spiro atoms. The van der Waals surface area contributed by atoms with Crippen LogP contribution in [0.1, 0.15) is 16.7 Å². The molecule has 4 atom stereocenters. The van der Waals surface area contributed by atoms with Crippen LogP contribution >= 0.6 is 0 Å². The highest BCUT2D eigenvalue weighted by molar-refractivity contribution is 7.88. The topological polar surface area (TPSA) is 126 Å². The van der Waals surface area contributed by atoms with Gasteiger partial charge < -0.3 is 18.9 Å². The summed E-state index contributed by atoms with van der Waals surface area (Å²) >= 11 is 0. The molecule has 3 aromatic carbocycles. The van der Waals surface area contributed by atoms with Gasteiger partial charge in [-0.1, -0.05) is 91.0 Å². The maximum absolute atomic E-state index is 12.6. The van der Waals surface area contributed by atoms with Crippen LogP contribution in [-0.4, -0.2) is 66.6 Å². The Morgan fingerprint density at radius 2 is 1.20 bits per heavy atom. The average Bonchev–Trinajstić information content (AvgIpc) is 2.94. The lowest BCUT2D eigenvalue weighted by atomic mass is 9.94. The van der Waals surface area contributed by atoms with Crippen LogP contribution in [0, 0.1) is 0 Å². The Labute approximate surface area is 241 Å². The molecule has 0 aliphatic carbocycles. The van der Waals surface area contributed by atoms with Crippen LogP contribution in [0.25, 0.3) is 0 Å². The van der Waals surface area contributed by atoms with Gasteiger partial charge in [0.15, 0.2) is 5.72 Å². The molecule has 222 valence electrons. The molecule has 0 saturated carbocycles. The molecule has 4 rings (SSSR count). The molecule has 12 heteroatoms. The predicted octanol–water partition coefficient (Wildman–Crippen LogP) is 2.99. The van der Waals surface area contributed by atoms with Crippen molar-refractivity contribution in [3.8, 4) is 0 Å². The first kappa shape index (κ1) is 31.3. The van der Waals surface area contributed by atoms with E-state index in [2.05, 4.69) is 4.72 Å². The predicted molar refractivity (Wildman–Crippen MR) is 153 cm³/mol. The summed E-state index contributed by atoms with van der Waals surface area (Å²) in [5, 5.41) is 0. The SMILES string of the molecule is CS(=O)(=O)N[C@]1(COS(C)(=O)=O)OC[C@@H](OCc2ccccc2)[C@@H](OCc2ccccc2)[C@@H]1OCc1ccccc1. The number of ether oxygens (including phenoxy) is 4. The van der Waals surface area contributed by atoms with Gasteiger partial charge in [0.1, 0.15) is 24.9 Å². The van der Waals surface area contributed by atoms with E-state index in [0.29, 0.717) is 0 Å². The Morgan fingerprint density at radius 1 is 0.732 bits per heavy atom. The number of hydrogen-bond donors (Lipinski definition) is 1. The van der Waals surface area contributed by atoms with E-state index < -0.39 is 50.8 Å². The Hall–Kier alpha value is -2.68. The number of rotatable bonds is 14. The fraction of sp³-hybridized carbons (Fsp3) is 0.379. The van der Waals surface area contributed by atoms with Gasteiger partial charge in [-0.25, -0.2) is 8.42 Å². The first-order valence-corrected chi connectivity index (χ1v) is 16.7. The lowest BCUT2D eigenvalue weighted by Crippen LogP contribution is -2.71. The second-order valence-electron chi connectivity index (χ2n) is 9.85. The first-order chi connectivity index (χ1) is 19.5. The van der Waals surface area contributed by atoms with E-state index in [1.807, 2.05) is 91.0 Å². The fourth-order valence-corrected chi connectivity index (χ4v) is 5.74. The van der Waals surface area contributed by atoms with Gasteiger partial charge in [-0.15, -0.1) is 0 Å². The summed E-state index contributed by atoms with van der Waals surface area (Å²) in [5.41, 5.74) is 0.650. The zero-order valence-corrected chi connectivity index (χ0v) is 24.6. The summed E-state index contributed by atoms with van der Waals surface area (Å²) in [6, 6.07) is 28.2. The fourth-order valence-electron chi connectivity index (χ4n) is 4.49. The number of sulfonamides is 1. The lowest BCUT2D eigenvalue weighted by Gasteiger charge is -2.49. The van der Waals surface area contributed by atoms with Gasteiger partial charge in [0.05, 0.1) is 38.9 Å². The van der Waals surface area contributed by atoms with Gasteiger partial charge in [0, 0.05) is 0 Å². The van der Waals surface area contributed by atoms with Gasteiger partial charge in [-0.3, -0.25) is 4.18 Å². The van der Waals surface area contributed by atoms with Crippen molar-refractivity contribution in [3.63, 3.8) is 0 Å². The summed E-state index contributed by atoms with van der Waals surface area (Å²) < 4.78 is 82.0. The molecule has 0 bridgehead atoms. The number of hydrogen-bond acceptors (Lipinski definition) is 9. The minimum Gasteiger partial charge on any atom is -0.368 e. The van der Waals surface area contributed by atoms with Gasteiger partial charge in [-0.2, -0.15) is 13.1 Å². The Bertz CT molecular complexity index is 1440. The Kier molecular flexibility index (Phi) is 10.7. The van der Waals surface area contributed by atoms with Crippen LogP contribution < -0.4 is 4.72 Å². The minimum absolute atomic E-state index is 0.0531. The molecule has 1 fully saturated rings. The smallest absolute Gasteiger partial charge is 0.264 e. The van der Waals surface area contributed by atoms with Crippen LogP contribution in [0.2, 0.25) is 0 Å². The van der Waals surface area contributed by atoms with E-state index in [9.17, 15) is 16.8 Å². The van der Waals surface area contributed by atoms with Crippen molar-refractivity contribution in [1.29, 1.82) is 0 Å². The van der Waals surface area contributed by atoms with E-state index in [-0.39, 0.29) is 26.4 Å². The van der Waals surface area contributed by atoms with Crippen molar-refractivity contribution in [2.24, 2.45) is 0 Å². The Morgan fingerprint density at radius 3 is 1.66 bits per heavy atom. The second-order valence-corrected chi connectivity index (χ2v) is 13.2. The van der Waals surface area contributed by atoms with Crippen LogP contribution in [0.5, 0.6) is 0 Å². The number of nitrogens with one attached hydrogen (secondary N) is 1. The number of benzene rings is 3. The van der Waals surface area contributed by atoms with Crippen molar-refractivity contribution in [2.75, 3.05) is 25.7 Å². The van der Waals surface area contributed by atoms with Gasteiger partial charge >= 0.3 is 0 Å². The molecule has 0 unspecified atom stereocenters. The largest absolute Gasteiger partial charge is 0.368 e. The molecule has 1 saturated heterocycles. The molecule has 41 heavy (non-hydrogen) atoms. The normalized spacial score (nSPS) is 23.3. The van der Waals surface area contributed by atoms with Gasteiger partial charge in [0.25, 0.3) is 10.1 Å². The van der Waals surface area contributed by atoms with Crippen molar-refractivity contribution >= 4 is 20.1 Å². The summed E-state index contributed by atoms with van der Waals surface area (Å²) in [6.45, 7) is -0.374. The zero-order chi connectivity index (χ0) is 29.3. The molecule has 1 N–H and O–H groups in total. The highest BCUT2D eigenvalue weighted by Gasteiger charge is 2.55. The zero-order valence-electron chi connectivity index (χ0n) is 22.9. The van der Waals surface area contributed by atoms with Crippen molar-refractivity contribution in [3.05, 3.63) is 108 Å². The molecule has 0 radical (unpaired) electrons. The maximum Gasteiger partial charge on any atom is 0.264 e. The van der Waals surface area contributed by atoms with Crippen molar-refractivity contribution in [2.45, 2.75) is 43.9 Å². The monoisotopic (exact) mass is 605 g/mol. The molecule has 0 aromatic heterocycles. The maximum atomic E-state index is 12.6. The van der Waals surface area contributed by atoms with E-state index in [4.69, 9.17) is 23.1 Å². The lowest BCUT2D eigenvalue weighted by molar-refractivity contribution is -0.284. The third-order valence-electron chi connectivity index (χ3n) is 6.34. The second kappa shape index (κ2) is 14.0. The minimum atomic E-state index is -3.98.